The highest BCUT2D eigenvalue weighted by Crippen LogP contribution is 2.26. The molecule has 3 heterocycles. The van der Waals surface area contributed by atoms with E-state index in [1.54, 1.807) is 10.9 Å². The van der Waals surface area contributed by atoms with Gasteiger partial charge in [0.15, 0.2) is 5.82 Å². The Kier molecular flexibility index (Phi) is 4.52. The Morgan fingerprint density at radius 3 is 2.88 bits per heavy atom. The molecule has 0 N–H and O–H groups in total. The van der Waals surface area contributed by atoms with Gasteiger partial charge in [0.1, 0.15) is 0 Å². The SMILES string of the molecule is Cn1cc(-c2nc([C@H]3COCCN3Cc3ccc(Cl)cc3)no2)cn1. The Bertz CT molecular complexity index is 845. The summed E-state index contributed by atoms with van der Waals surface area (Å²) in [5.74, 6) is 1.10. The molecule has 1 aliphatic heterocycles. The van der Waals surface area contributed by atoms with Crippen LogP contribution in [0.4, 0.5) is 0 Å². The molecule has 1 aromatic carbocycles. The van der Waals surface area contributed by atoms with Crippen LogP contribution in [0, 0.1) is 0 Å². The van der Waals surface area contributed by atoms with Gasteiger partial charge in [0.05, 0.1) is 31.0 Å². The van der Waals surface area contributed by atoms with Crippen LogP contribution in [0.1, 0.15) is 17.4 Å². The number of hydrogen-bond donors (Lipinski definition) is 0. The van der Waals surface area contributed by atoms with Crippen molar-refractivity contribution >= 4 is 11.6 Å². The number of aryl methyl sites for hydroxylation is 1. The zero-order valence-electron chi connectivity index (χ0n) is 13.8. The monoisotopic (exact) mass is 359 g/mol. The van der Waals surface area contributed by atoms with Crippen LogP contribution < -0.4 is 0 Å². The number of halogens is 1. The van der Waals surface area contributed by atoms with E-state index < -0.39 is 0 Å². The predicted octanol–water partition coefficient (Wildman–Crippen LogP) is 2.70. The average molecular weight is 360 g/mol. The second-order valence-corrected chi connectivity index (χ2v) is 6.48. The first kappa shape index (κ1) is 16.3. The fourth-order valence-corrected chi connectivity index (χ4v) is 3.03. The maximum atomic E-state index is 5.97. The molecule has 0 unspecified atom stereocenters. The van der Waals surface area contributed by atoms with Gasteiger partial charge >= 0.3 is 0 Å². The van der Waals surface area contributed by atoms with Crippen molar-refractivity contribution in [3.8, 4) is 11.5 Å². The van der Waals surface area contributed by atoms with Crippen molar-refractivity contribution in [3.63, 3.8) is 0 Å². The molecule has 0 aliphatic carbocycles. The summed E-state index contributed by atoms with van der Waals surface area (Å²) in [6, 6.07) is 7.83. The minimum atomic E-state index is -0.0430. The first-order valence-corrected chi connectivity index (χ1v) is 8.46. The van der Waals surface area contributed by atoms with E-state index >= 15 is 0 Å². The van der Waals surface area contributed by atoms with Crippen molar-refractivity contribution in [2.75, 3.05) is 19.8 Å². The van der Waals surface area contributed by atoms with Gasteiger partial charge in [-0.3, -0.25) is 9.58 Å². The molecular formula is C17H18ClN5O2. The van der Waals surface area contributed by atoms with E-state index in [4.69, 9.17) is 20.9 Å². The lowest BCUT2D eigenvalue weighted by molar-refractivity contribution is -0.0166. The van der Waals surface area contributed by atoms with Crippen LogP contribution in [-0.4, -0.2) is 44.6 Å². The van der Waals surface area contributed by atoms with Gasteiger partial charge < -0.3 is 9.26 Å². The Hall–Kier alpha value is -2.22. The highest BCUT2D eigenvalue weighted by molar-refractivity contribution is 6.30. The number of benzene rings is 1. The Morgan fingerprint density at radius 2 is 2.12 bits per heavy atom. The fourth-order valence-electron chi connectivity index (χ4n) is 2.91. The van der Waals surface area contributed by atoms with E-state index in [0.29, 0.717) is 24.9 Å². The van der Waals surface area contributed by atoms with Crippen molar-refractivity contribution in [2.24, 2.45) is 7.05 Å². The van der Waals surface area contributed by atoms with Crippen LogP contribution in [0.5, 0.6) is 0 Å². The molecule has 1 aliphatic rings. The summed E-state index contributed by atoms with van der Waals surface area (Å²) in [4.78, 5) is 6.85. The second-order valence-electron chi connectivity index (χ2n) is 6.05. The van der Waals surface area contributed by atoms with Gasteiger partial charge in [0.25, 0.3) is 5.89 Å². The average Bonchev–Trinajstić information content (AvgIpc) is 3.26. The summed E-state index contributed by atoms with van der Waals surface area (Å²) < 4.78 is 12.8. The number of rotatable bonds is 4. The highest BCUT2D eigenvalue weighted by Gasteiger charge is 2.29. The molecule has 130 valence electrons. The van der Waals surface area contributed by atoms with Gasteiger partial charge in [-0.05, 0) is 17.7 Å². The molecular weight excluding hydrogens is 342 g/mol. The largest absolute Gasteiger partial charge is 0.378 e. The van der Waals surface area contributed by atoms with Gasteiger partial charge in [-0.2, -0.15) is 10.1 Å². The molecule has 25 heavy (non-hydrogen) atoms. The number of ether oxygens (including phenoxy) is 1. The number of aromatic nitrogens is 4. The third-order valence-corrected chi connectivity index (χ3v) is 4.48. The van der Waals surface area contributed by atoms with Crippen molar-refractivity contribution in [1.82, 2.24) is 24.8 Å². The smallest absolute Gasteiger partial charge is 0.261 e. The number of morpholine rings is 1. The summed E-state index contributed by atoms with van der Waals surface area (Å²) in [6.45, 7) is 2.82. The third kappa shape index (κ3) is 3.58. The molecule has 1 fully saturated rings. The topological polar surface area (TPSA) is 69.2 Å². The molecule has 7 nitrogen and oxygen atoms in total. The molecule has 0 amide bonds. The number of hydrogen-bond acceptors (Lipinski definition) is 6. The van der Waals surface area contributed by atoms with Crippen LogP contribution >= 0.6 is 11.6 Å². The first-order chi connectivity index (χ1) is 12.2. The molecule has 3 aromatic rings. The Balaban J connectivity index is 1.54. The normalized spacial score (nSPS) is 18.6. The quantitative estimate of drug-likeness (QED) is 0.713. The van der Waals surface area contributed by atoms with Gasteiger partial charge in [-0.25, -0.2) is 0 Å². The lowest BCUT2D eigenvalue weighted by Gasteiger charge is -2.33. The van der Waals surface area contributed by atoms with E-state index in [1.165, 1.54) is 5.56 Å². The van der Waals surface area contributed by atoms with Crippen molar-refractivity contribution < 1.29 is 9.26 Å². The van der Waals surface area contributed by atoms with Gasteiger partial charge in [0, 0.05) is 31.4 Å². The standard InChI is InChI=1S/C17H18ClN5O2/c1-22-10-13(8-19-22)17-20-16(21-25-17)15-11-24-7-6-23(15)9-12-2-4-14(18)5-3-12/h2-5,8,10,15H,6-7,9,11H2,1H3/t15-/m1/s1. The maximum Gasteiger partial charge on any atom is 0.261 e. The lowest BCUT2D eigenvalue weighted by atomic mass is 10.1. The zero-order valence-corrected chi connectivity index (χ0v) is 14.6. The molecule has 0 radical (unpaired) electrons. The highest BCUT2D eigenvalue weighted by atomic mass is 35.5. The molecule has 0 bridgehead atoms. The lowest BCUT2D eigenvalue weighted by Crippen LogP contribution is -2.39. The fraction of sp³-hybridized carbons (Fsp3) is 0.353. The molecule has 1 atom stereocenters. The number of nitrogens with zero attached hydrogens (tertiary/aromatic N) is 5. The van der Waals surface area contributed by atoms with Gasteiger partial charge in [-0.15, -0.1) is 0 Å². The van der Waals surface area contributed by atoms with Crippen molar-refractivity contribution in [2.45, 2.75) is 12.6 Å². The van der Waals surface area contributed by atoms with E-state index in [1.807, 2.05) is 37.5 Å². The predicted molar refractivity (Wildman–Crippen MR) is 91.9 cm³/mol. The van der Waals surface area contributed by atoms with Gasteiger partial charge in [0.2, 0.25) is 0 Å². The summed E-state index contributed by atoms with van der Waals surface area (Å²) in [5.41, 5.74) is 1.99. The van der Waals surface area contributed by atoms with Crippen LogP contribution in [0.15, 0.2) is 41.2 Å². The molecule has 1 saturated heterocycles. The summed E-state index contributed by atoms with van der Waals surface area (Å²) in [5, 5.41) is 9.04. The maximum absolute atomic E-state index is 5.97. The van der Waals surface area contributed by atoms with Crippen LogP contribution in [0.3, 0.4) is 0 Å². The minimum Gasteiger partial charge on any atom is -0.378 e. The van der Waals surface area contributed by atoms with Crippen molar-refractivity contribution in [1.29, 1.82) is 0 Å². The van der Waals surface area contributed by atoms with Crippen molar-refractivity contribution in [3.05, 3.63) is 53.1 Å². The second kappa shape index (κ2) is 6.95. The Labute approximate surface area is 150 Å². The van der Waals surface area contributed by atoms with E-state index in [-0.39, 0.29) is 6.04 Å². The first-order valence-electron chi connectivity index (χ1n) is 8.08. The minimum absolute atomic E-state index is 0.0430. The Morgan fingerprint density at radius 1 is 1.28 bits per heavy atom. The third-order valence-electron chi connectivity index (χ3n) is 4.23. The summed E-state index contributed by atoms with van der Waals surface area (Å²) in [6.07, 6.45) is 3.56. The van der Waals surface area contributed by atoms with E-state index in [9.17, 15) is 0 Å². The summed E-state index contributed by atoms with van der Waals surface area (Å²) >= 11 is 5.97. The van der Waals surface area contributed by atoms with Crippen LogP contribution in [0.25, 0.3) is 11.5 Å². The zero-order chi connectivity index (χ0) is 17.2. The van der Waals surface area contributed by atoms with Gasteiger partial charge in [-0.1, -0.05) is 28.9 Å². The molecule has 2 aromatic heterocycles. The van der Waals surface area contributed by atoms with E-state index in [0.717, 1.165) is 23.7 Å². The molecule has 8 heteroatoms. The summed E-state index contributed by atoms with van der Waals surface area (Å²) in [7, 11) is 1.85. The molecule has 0 saturated carbocycles. The van der Waals surface area contributed by atoms with E-state index in [2.05, 4.69) is 20.1 Å². The van der Waals surface area contributed by atoms with Crippen LogP contribution in [0.2, 0.25) is 5.02 Å². The molecule has 4 rings (SSSR count). The van der Waals surface area contributed by atoms with Crippen LogP contribution in [-0.2, 0) is 18.3 Å². The molecule has 0 spiro atoms.